The number of amides is 2. The Labute approximate surface area is 339 Å². The van der Waals surface area contributed by atoms with Gasteiger partial charge in [0, 0.05) is 22.3 Å². The number of carboxylic acids is 2. The number of para-hydroxylation sites is 2. The van der Waals surface area contributed by atoms with Crippen LogP contribution in [0.4, 0.5) is 21.0 Å². The van der Waals surface area contributed by atoms with Crippen molar-refractivity contribution in [2.45, 2.75) is 52.7 Å². The molecule has 4 aromatic rings. The van der Waals surface area contributed by atoms with Gasteiger partial charge in [-0.3, -0.25) is 10.6 Å². The van der Waals surface area contributed by atoms with Crippen molar-refractivity contribution in [2.75, 3.05) is 10.6 Å². The van der Waals surface area contributed by atoms with Gasteiger partial charge in [0.05, 0.1) is 23.3 Å². The monoisotopic (exact) mass is 752 g/mol. The Morgan fingerprint density at radius 1 is 0.509 bits per heavy atom. The van der Waals surface area contributed by atoms with Gasteiger partial charge in [-0.2, -0.15) is 0 Å². The third-order valence-electron chi connectivity index (χ3n) is 6.37. The van der Waals surface area contributed by atoms with E-state index in [-0.39, 0.29) is 59.8 Å². The minimum absolute atomic E-state index is 0. The van der Waals surface area contributed by atoms with Crippen LogP contribution in [0.1, 0.15) is 63.8 Å². The fourth-order valence-corrected chi connectivity index (χ4v) is 4.41. The molecule has 0 atom stereocenters. The summed E-state index contributed by atoms with van der Waals surface area (Å²) in [6.07, 6.45) is 1.70. The maximum absolute atomic E-state index is 12.0. The number of carbonyl (C=O) groups is 4. The number of hydrogen-bond acceptors (Lipinski definition) is 8. The van der Waals surface area contributed by atoms with E-state index in [1.165, 1.54) is 12.2 Å². The van der Waals surface area contributed by atoms with Crippen molar-refractivity contribution < 1.29 is 49.8 Å². The van der Waals surface area contributed by atoms with E-state index in [9.17, 15) is 29.4 Å². The molecule has 0 saturated heterocycles. The molecule has 0 aliphatic rings. The molecule has 0 aliphatic carbocycles. The number of anilines is 2. The number of hydrogen-bond donors (Lipinski definition) is 2. The summed E-state index contributed by atoms with van der Waals surface area (Å²) in [4.78, 5) is 47.3. The minimum Gasteiger partial charge on any atom is -0.545 e. The number of aliphatic carboxylic acids is 2. The fourth-order valence-electron chi connectivity index (χ4n) is 4.41. The summed E-state index contributed by atoms with van der Waals surface area (Å²) in [7, 11) is 0. The standard InChI is InChI=1S/2C20H21NO4.Ca.2H2O/c2*1-20(2,3)25-19(24)21-17-12-8-7-11-15(17)16(18(22)23)13-14-9-5-4-6-10-14;;;/h2*4-13H,1-3H3,(H,21,24)(H,22,23);;2*1H2/q;;+2;;/p-2/b2*16-13-;;;. The molecule has 2 amide bonds. The van der Waals surface area contributed by atoms with Crippen LogP contribution < -0.4 is 20.8 Å². The average molecular weight is 753 g/mol. The topological polar surface area (TPSA) is 220 Å². The van der Waals surface area contributed by atoms with Crippen LogP contribution in [0.5, 0.6) is 0 Å². The van der Waals surface area contributed by atoms with Crippen LogP contribution in [0.15, 0.2) is 109 Å². The first-order chi connectivity index (χ1) is 23.5. The van der Waals surface area contributed by atoms with E-state index in [2.05, 4.69) is 10.6 Å². The smallest absolute Gasteiger partial charge is 0.545 e. The van der Waals surface area contributed by atoms with Crippen molar-refractivity contribution in [1.29, 1.82) is 0 Å². The van der Waals surface area contributed by atoms with E-state index in [1.54, 1.807) is 114 Å². The molecule has 0 fully saturated rings. The zero-order chi connectivity index (χ0) is 36.9. The van der Waals surface area contributed by atoms with Crippen molar-refractivity contribution in [3.8, 4) is 0 Å². The van der Waals surface area contributed by atoms with Crippen LogP contribution in [0.2, 0.25) is 0 Å². The number of carbonyl (C=O) groups excluding carboxylic acids is 4. The normalized spacial score (nSPS) is 11.1. The van der Waals surface area contributed by atoms with E-state index < -0.39 is 35.3 Å². The Kier molecular flexibility index (Phi) is 20.1. The van der Waals surface area contributed by atoms with Crippen molar-refractivity contribution in [3.05, 3.63) is 131 Å². The summed E-state index contributed by atoms with van der Waals surface area (Å²) < 4.78 is 10.4. The van der Waals surface area contributed by atoms with Gasteiger partial charge in [0.1, 0.15) is 11.2 Å². The second kappa shape index (κ2) is 22.2. The van der Waals surface area contributed by atoms with Gasteiger partial charge in [-0.25, -0.2) is 9.59 Å². The van der Waals surface area contributed by atoms with Gasteiger partial charge < -0.3 is 40.2 Å². The Balaban J connectivity index is 0.000000966. The van der Waals surface area contributed by atoms with Gasteiger partial charge in [0.25, 0.3) is 0 Å². The first-order valence-corrected chi connectivity index (χ1v) is 15.7. The minimum atomic E-state index is -1.33. The van der Waals surface area contributed by atoms with Crippen LogP contribution in [0.3, 0.4) is 0 Å². The van der Waals surface area contributed by atoms with Gasteiger partial charge >= 0.3 is 49.9 Å². The van der Waals surface area contributed by atoms with Crippen LogP contribution in [0, 0.1) is 0 Å². The largest absolute Gasteiger partial charge is 2.00 e. The van der Waals surface area contributed by atoms with Gasteiger partial charge in [-0.1, -0.05) is 97.1 Å². The van der Waals surface area contributed by atoms with Crippen molar-refractivity contribution in [1.82, 2.24) is 0 Å². The molecule has 0 aromatic heterocycles. The van der Waals surface area contributed by atoms with Crippen LogP contribution >= 0.6 is 0 Å². The molecule has 0 bridgehead atoms. The maximum atomic E-state index is 12.0. The Morgan fingerprint density at radius 2 is 0.792 bits per heavy atom. The fraction of sp³-hybridized carbons (Fsp3) is 0.200. The predicted molar refractivity (Wildman–Crippen MR) is 204 cm³/mol. The molecule has 276 valence electrons. The zero-order valence-corrected chi connectivity index (χ0v) is 32.7. The summed E-state index contributed by atoms with van der Waals surface area (Å²) in [6, 6.07) is 31.3. The van der Waals surface area contributed by atoms with E-state index in [0.29, 0.717) is 33.6 Å². The first-order valence-electron chi connectivity index (χ1n) is 15.7. The molecule has 0 aliphatic heterocycles. The molecule has 0 spiro atoms. The van der Waals surface area contributed by atoms with Gasteiger partial charge in [0.15, 0.2) is 0 Å². The summed E-state index contributed by atoms with van der Waals surface area (Å²) in [5, 5.41) is 28.5. The van der Waals surface area contributed by atoms with Crippen LogP contribution in [-0.2, 0) is 19.1 Å². The van der Waals surface area contributed by atoms with Gasteiger partial charge in [-0.15, -0.1) is 0 Å². The molecule has 4 aromatic carbocycles. The van der Waals surface area contributed by atoms with Crippen LogP contribution in [0.25, 0.3) is 23.3 Å². The third kappa shape index (κ3) is 16.9. The predicted octanol–water partition coefficient (Wildman–Crippen LogP) is 4.62. The third-order valence-corrected chi connectivity index (χ3v) is 6.37. The Bertz CT molecular complexity index is 1730. The molecule has 6 N–H and O–H groups in total. The second-order valence-corrected chi connectivity index (χ2v) is 12.9. The summed E-state index contributed by atoms with van der Waals surface area (Å²) in [5.41, 5.74) is 1.42. The maximum Gasteiger partial charge on any atom is 2.00 e. The molecule has 12 nitrogen and oxygen atoms in total. The summed E-state index contributed by atoms with van der Waals surface area (Å²) in [5.74, 6) is -2.66. The summed E-state index contributed by atoms with van der Waals surface area (Å²) >= 11 is 0. The van der Waals surface area contributed by atoms with Crippen LogP contribution in [-0.4, -0.2) is 84.0 Å². The molecule has 0 radical (unpaired) electrons. The van der Waals surface area contributed by atoms with E-state index in [1.807, 2.05) is 36.4 Å². The molecule has 0 heterocycles. The number of ether oxygens (including phenoxy) is 2. The van der Waals surface area contributed by atoms with Crippen molar-refractivity contribution in [3.63, 3.8) is 0 Å². The number of rotatable bonds is 8. The molecule has 0 unspecified atom stereocenters. The Morgan fingerprint density at radius 3 is 1.08 bits per heavy atom. The zero-order valence-electron chi connectivity index (χ0n) is 30.5. The summed E-state index contributed by atoms with van der Waals surface area (Å²) in [6.45, 7) is 10.5. The molecular formula is C40H44CaN2O10. The van der Waals surface area contributed by atoms with Crippen molar-refractivity contribution in [2.24, 2.45) is 0 Å². The van der Waals surface area contributed by atoms with Crippen molar-refractivity contribution >= 4 is 96.5 Å². The van der Waals surface area contributed by atoms with Gasteiger partial charge in [-0.05, 0) is 77.0 Å². The SMILES string of the molecule is CC(C)(C)OC(=O)Nc1ccccc1/C(=C/c1ccccc1)C(=O)[O-].CC(C)(C)OC(=O)Nc1ccccc1/C(=C/c1ccccc1)C(=O)[O-].O.O.[Ca+2]. The number of nitrogens with one attached hydrogen (secondary N) is 2. The number of benzene rings is 4. The van der Waals surface area contributed by atoms with Gasteiger partial charge in [0.2, 0.25) is 0 Å². The second-order valence-electron chi connectivity index (χ2n) is 12.9. The average Bonchev–Trinajstić information content (AvgIpc) is 3.02. The molecule has 0 saturated carbocycles. The molecular weight excluding hydrogens is 709 g/mol. The molecule has 4 rings (SSSR count). The number of carboxylic acid groups (broad SMARTS) is 2. The molecule has 53 heavy (non-hydrogen) atoms. The first kappa shape index (κ1) is 48.0. The van der Waals surface area contributed by atoms with E-state index in [4.69, 9.17) is 9.47 Å². The quantitative estimate of drug-likeness (QED) is 0.147. The molecule has 13 heteroatoms. The Hall–Kier alpha value is -4.98. The van der Waals surface area contributed by atoms with E-state index >= 15 is 0 Å². The van der Waals surface area contributed by atoms with E-state index in [0.717, 1.165) is 0 Å².